The van der Waals surface area contributed by atoms with Crippen LogP contribution in [0.4, 0.5) is 11.4 Å². The summed E-state index contributed by atoms with van der Waals surface area (Å²) in [5.74, 6) is -0.842. The highest BCUT2D eigenvalue weighted by atomic mass is 16.6. The van der Waals surface area contributed by atoms with Crippen molar-refractivity contribution in [1.82, 2.24) is 4.98 Å². The molecule has 0 aliphatic carbocycles. The highest BCUT2D eigenvalue weighted by Crippen LogP contribution is 2.30. The summed E-state index contributed by atoms with van der Waals surface area (Å²) in [5.41, 5.74) is 5.44. The SMILES string of the molecule is NC(=O)C(O)CNc1ccc([N+](=O)[O-])c2cnccc12. The molecule has 0 aliphatic heterocycles. The number of nitro benzene ring substituents is 1. The van der Waals surface area contributed by atoms with Gasteiger partial charge in [0, 0.05) is 36.1 Å². The maximum Gasteiger partial charge on any atom is 0.278 e. The fraction of sp³-hybridized carbons (Fsp3) is 0.167. The molecule has 8 heteroatoms. The normalized spacial score (nSPS) is 12.1. The summed E-state index contributed by atoms with van der Waals surface area (Å²) < 4.78 is 0. The first-order valence-corrected chi connectivity index (χ1v) is 5.73. The first-order chi connectivity index (χ1) is 9.50. The van der Waals surface area contributed by atoms with E-state index in [1.807, 2.05) is 0 Å². The van der Waals surface area contributed by atoms with Crippen molar-refractivity contribution in [2.24, 2.45) is 5.73 Å². The fourth-order valence-electron chi connectivity index (χ4n) is 1.80. The largest absolute Gasteiger partial charge is 0.381 e. The van der Waals surface area contributed by atoms with Gasteiger partial charge in [-0.15, -0.1) is 0 Å². The predicted molar refractivity (Wildman–Crippen MR) is 72.1 cm³/mol. The van der Waals surface area contributed by atoms with E-state index in [2.05, 4.69) is 10.3 Å². The molecule has 1 atom stereocenters. The molecule has 1 heterocycles. The molecular formula is C12H12N4O4. The molecule has 0 saturated carbocycles. The van der Waals surface area contributed by atoms with Crippen molar-refractivity contribution in [3.05, 3.63) is 40.7 Å². The molecule has 2 aromatic rings. The molecular weight excluding hydrogens is 264 g/mol. The molecule has 1 unspecified atom stereocenters. The minimum atomic E-state index is -1.33. The molecule has 2 rings (SSSR count). The molecule has 20 heavy (non-hydrogen) atoms. The summed E-state index contributed by atoms with van der Waals surface area (Å²) in [6, 6.07) is 4.46. The second-order valence-corrected chi connectivity index (χ2v) is 4.11. The monoisotopic (exact) mass is 276 g/mol. The average Bonchev–Trinajstić information content (AvgIpc) is 2.43. The number of hydrogen-bond acceptors (Lipinski definition) is 6. The number of fused-ring (bicyclic) bond motifs is 1. The molecule has 4 N–H and O–H groups in total. The van der Waals surface area contributed by atoms with Gasteiger partial charge in [-0.05, 0) is 12.1 Å². The number of rotatable bonds is 5. The number of nitrogens with zero attached hydrogens (tertiary/aromatic N) is 2. The van der Waals surface area contributed by atoms with Gasteiger partial charge < -0.3 is 16.2 Å². The Hall–Kier alpha value is -2.74. The summed E-state index contributed by atoms with van der Waals surface area (Å²) >= 11 is 0. The third-order valence-electron chi connectivity index (χ3n) is 2.81. The summed E-state index contributed by atoms with van der Waals surface area (Å²) in [4.78, 5) is 25.1. The Morgan fingerprint density at radius 2 is 2.20 bits per heavy atom. The summed E-state index contributed by atoms with van der Waals surface area (Å²) in [6.45, 7) is -0.0788. The molecule has 8 nitrogen and oxygen atoms in total. The van der Waals surface area contributed by atoms with E-state index in [1.54, 1.807) is 6.07 Å². The van der Waals surface area contributed by atoms with Crippen LogP contribution in [-0.2, 0) is 4.79 Å². The number of primary amides is 1. The molecule has 104 valence electrons. The average molecular weight is 276 g/mol. The third-order valence-corrected chi connectivity index (χ3v) is 2.81. The fourth-order valence-corrected chi connectivity index (χ4v) is 1.80. The maximum absolute atomic E-state index is 10.9. The van der Waals surface area contributed by atoms with Crippen molar-refractivity contribution in [2.75, 3.05) is 11.9 Å². The first-order valence-electron chi connectivity index (χ1n) is 5.73. The van der Waals surface area contributed by atoms with E-state index in [-0.39, 0.29) is 12.2 Å². The lowest BCUT2D eigenvalue weighted by Crippen LogP contribution is -2.34. The Balaban J connectivity index is 2.38. The second kappa shape index (κ2) is 5.49. The zero-order valence-corrected chi connectivity index (χ0v) is 10.3. The van der Waals surface area contributed by atoms with Crippen LogP contribution < -0.4 is 11.1 Å². The van der Waals surface area contributed by atoms with E-state index >= 15 is 0 Å². The highest BCUT2D eigenvalue weighted by Gasteiger charge is 2.16. The number of nitrogens with one attached hydrogen (secondary N) is 1. The number of carbonyl (C=O) groups excluding carboxylic acids is 1. The van der Waals surface area contributed by atoms with Crippen LogP contribution >= 0.6 is 0 Å². The van der Waals surface area contributed by atoms with E-state index < -0.39 is 16.9 Å². The lowest BCUT2D eigenvalue weighted by Gasteiger charge is -2.12. The van der Waals surface area contributed by atoms with Crippen LogP contribution in [0.3, 0.4) is 0 Å². The molecule has 0 aliphatic rings. The number of aliphatic hydroxyl groups is 1. The van der Waals surface area contributed by atoms with E-state index in [0.717, 1.165) is 0 Å². The number of nitro groups is 1. The highest BCUT2D eigenvalue weighted by molar-refractivity contribution is 5.99. The van der Waals surface area contributed by atoms with Gasteiger partial charge in [-0.3, -0.25) is 19.9 Å². The summed E-state index contributed by atoms with van der Waals surface area (Å²) in [7, 11) is 0. The Labute approximate surface area is 113 Å². The third kappa shape index (κ3) is 2.64. The van der Waals surface area contributed by atoms with E-state index in [4.69, 9.17) is 5.73 Å². The van der Waals surface area contributed by atoms with Gasteiger partial charge in [-0.25, -0.2) is 0 Å². The molecule has 0 fully saturated rings. The molecule has 1 amide bonds. The maximum atomic E-state index is 10.9. The van der Waals surface area contributed by atoms with Gasteiger partial charge in [-0.1, -0.05) is 0 Å². The molecule has 0 saturated heterocycles. The van der Waals surface area contributed by atoms with Gasteiger partial charge in [0.1, 0.15) is 6.10 Å². The van der Waals surface area contributed by atoms with Crippen LogP contribution in [0, 0.1) is 10.1 Å². The molecule has 1 aromatic heterocycles. The molecule has 1 aromatic carbocycles. The minimum Gasteiger partial charge on any atom is -0.381 e. The lowest BCUT2D eigenvalue weighted by molar-refractivity contribution is -0.383. The van der Waals surface area contributed by atoms with E-state index in [9.17, 15) is 20.0 Å². The van der Waals surface area contributed by atoms with Crippen molar-refractivity contribution in [1.29, 1.82) is 0 Å². The number of amides is 1. The van der Waals surface area contributed by atoms with E-state index in [1.165, 1.54) is 24.5 Å². The number of nitrogens with two attached hydrogens (primary N) is 1. The van der Waals surface area contributed by atoms with Gasteiger partial charge in [0.2, 0.25) is 5.91 Å². The Morgan fingerprint density at radius 1 is 1.45 bits per heavy atom. The van der Waals surface area contributed by atoms with Crippen LogP contribution in [0.15, 0.2) is 30.6 Å². The van der Waals surface area contributed by atoms with Gasteiger partial charge in [0.05, 0.1) is 10.3 Å². The van der Waals surface area contributed by atoms with Crippen LogP contribution in [0.25, 0.3) is 10.8 Å². The first kappa shape index (κ1) is 13.7. The number of non-ortho nitro benzene ring substituents is 1. The quantitative estimate of drug-likeness (QED) is 0.535. The van der Waals surface area contributed by atoms with Gasteiger partial charge in [-0.2, -0.15) is 0 Å². The lowest BCUT2D eigenvalue weighted by atomic mass is 10.1. The number of benzene rings is 1. The minimum absolute atomic E-state index is 0.0610. The Morgan fingerprint density at radius 3 is 2.85 bits per heavy atom. The van der Waals surface area contributed by atoms with Gasteiger partial charge >= 0.3 is 0 Å². The number of pyridine rings is 1. The smallest absolute Gasteiger partial charge is 0.278 e. The Bertz CT molecular complexity index is 674. The van der Waals surface area contributed by atoms with E-state index in [0.29, 0.717) is 16.5 Å². The van der Waals surface area contributed by atoms with Crippen LogP contribution in [0.1, 0.15) is 0 Å². The van der Waals surface area contributed by atoms with Crippen molar-refractivity contribution in [2.45, 2.75) is 6.10 Å². The molecule has 0 spiro atoms. The van der Waals surface area contributed by atoms with Crippen LogP contribution in [0.5, 0.6) is 0 Å². The summed E-state index contributed by atoms with van der Waals surface area (Å²) in [5, 5.41) is 24.1. The number of hydrogen-bond donors (Lipinski definition) is 3. The number of carbonyl (C=O) groups is 1. The van der Waals surface area contributed by atoms with Crippen LogP contribution in [0.2, 0.25) is 0 Å². The number of anilines is 1. The van der Waals surface area contributed by atoms with Gasteiger partial charge in [0.15, 0.2) is 0 Å². The zero-order valence-electron chi connectivity index (χ0n) is 10.3. The van der Waals surface area contributed by atoms with Crippen molar-refractivity contribution < 1.29 is 14.8 Å². The zero-order chi connectivity index (χ0) is 14.7. The predicted octanol–water partition coefficient (Wildman–Crippen LogP) is 0.401. The molecule has 0 bridgehead atoms. The van der Waals surface area contributed by atoms with Crippen molar-refractivity contribution in [3.63, 3.8) is 0 Å². The second-order valence-electron chi connectivity index (χ2n) is 4.11. The topological polar surface area (TPSA) is 131 Å². The Kier molecular flexibility index (Phi) is 3.76. The molecule has 0 radical (unpaired) electrons. The van der Waals surface area contributed by atoms with Crippen molar-refractivity contribution in [3.8, 4) is 0 Å². The number of aliphatic hydroxyl groups excluding tert-OH is 1. The van der Waals surface area contributed by atoms with Crippen molar-refractivity contribution >= 4 is 28.1 Å². The summed E-state index contributed by atoms with van der Waals surface area (Å²) in [6.07, 6.45) is 1.56. The van der Waals surface area contributed by atoms with Gasteiger partial charge in [0.25, 0.3) is 5.69 Å². The standard InChI is InChI=1S/C12H12N4O4/c13-12(18)11(17)6-15-9-1-2-10(16(19)20)8-5-14-4-3-7(8)9/h1-5,11,15,17H,6H2,(H2,13,18). The van der Waals surface area contributed by atoms with Crippen LogP contribution in [-0.4, -0.2) is 33.6 Å². The number of aromatic nitrogens is 1.